The van der Waals surface area contributed by atoms with Gasteiger partial charge in [0.25, 0.3) is 0 Å². The van der Waals surface area contributed by atoms with Gasteiger partial charge in [0.2, 0.25) is 0 Å². The highest BCUT2D eigenvalue weighted by atomic mass is 19.4. The fourth-order valence-electron chi connectivity index (χ4n) is 3.20. The molecule has 0 aliphatic carbocycles. The Morgan fingerprint density at radius 2 is 1.00 bits per heavy atom. The molecule has 146 valence electrons. The van der Waals surface area contributed by atoms with Crippen LogP contribution in [0.2, 0.25) is 0 Å². The van der Waals surface area contributed by atoms with E-state index in [1.165, 1.54) is 36.4 Å². The Morgan fingerprint density at radius 3 is 1.43 bits per heavy atom. The molecular weight excluding hydrogens is 382 g/mol. The molecule has 0 aliphatic heterocycles. The molecule has 28 heavy (non-hydrogen) atoms. The molecule has 0 aromatic heterocycles. The van der Waals surface area contributed by atoms with Gasteiger partial charge in [-0.25, -0.2) is 0 Å². The van der Waals surface area contributed by atoms with Crippen molar-refractivity contribution in [2.45, 2.75) is 18.3 Å². The summed E-state index contributed by atoms with van der Waals surface area (Å²) in [4.78, 5) is 0. The molecule has 0 aliphatic rings. The summed E-state index contributed by atoms with van der Waals surface area (Å²) < 4.78 is 80.7. The second-order valence-corrected chi connectivity index (χ2v) is 6.17. The van der Waals surface area contributed by atoms with Gasteiger partial charge in [-0.1, -0.05) is 66.7 Å². The minimum absolute atomic E-state index is 0.0807. The van der Waals surface area contributed by atoms with Crippen molar-refractivity contribution < 1.29 is 31.4 Å². The van der Waals surface area contributed by atoms with Crippen LogP contribution in [0.3, 0.4) is 0 Å². The van der Waals surface area contributed by atoms with E-state index in [1.807, 2.05) is 0 Å². The van der Waals surface area contributed by atoms with E-state index < -0.39 is 29.6 Å². The molecule has 0 saturated heterocycles. The fourth-order valence-corrected chi connectivity index (χ4v) is 3.20. The minimum atomic E-state index is -5.55. The molecule has 3 aromatic rings. The van der Waals surface area contributed by atoms with E-state index in [0.29, 0.717) is 11.6 Å². The van der Waals surface area contributed by atoms with Crippen LogP contribution in [0, 0.1) is 0 Å². The smallest absolute Gasteiger partial charge is 0.404 e. The summed E-state index contributed by atoms with van der Waals surface area (Å²) in [6.07, 6.45) is -11.1. The van der Waals surface area contributed by atoms with E-state index in [-0.39, 0.29) is 16.7 Å². The molecule has 0 heterocycles. The number of alkyl halides is 6. The maximum absolute atomic E-state index is 13.4. The van der Waals surface area contributed by atoms with Gasteiger partial charge in [0.05, 0.1) is 0 Å². The summed E-state index contributed by atoms with van der Waals surface area (Å²) >= 11 is 0. The van der Waals surface area contributed by atoms with E-state index in [1.54, 1.807) is 24.3 Å². The standard InChI is InChI=1S/C21H14F6O/c22-20(23,24)19(21(25,26)27)15-11-12-16(28)18(14-9-5-2-6-10-14)17(15)13-7-3-1-4-8-13/h1-12,19,28H. The van der Waals surface area contributed by atoms with Crippen LogP contribution in [0.25, 0.3) is 22.3 Å². The molecule has 1 nitrogen and oxygen atoms in total. The first-order chi connectivity index (χ1) is 13.1. The van der Waals surface area contributed by atoms with Gasteiger partial charge in [0.15, 0.2) is 5.92 Å². The van der Waals surface area contributed by atoms with Crippen molar-refractivity contribution in [1.29, 1.82) is 0 Å². The molecule has 0 fully saturated rings. The maximum atomic E-state index is 13.4. The average molecular weight is 396 g/mol. The molecule has 0 bridgehead atoms. The zero-order valence-electron chi connectivity index (χ0n) is 14.2. The number of phenolic OH excluding ortho intramolecular Hbond substituents is 1. The largest absolute Gasteiger partial charge is 0.507 e. The summed E-state index contributed by atoms with van der Waals surface area (Å²) in [5, 5.41) is 10.4. The monoisotopic (exact) mass is 396 g/mol. The summed E-state index contributed by atoms with van der Waals surface area (Å²) in [6.45, 7) is 0. The van der Waals surface area contributed by atoms with Crippen molar-refractivity contribution >= 4 is 0 Å². The Bertz CT molecular complexity index is 932. The SMILES string of the molecule is Oc1ccc(C(C(F)(F)F)C(F)(F)F)c(-c2ccccc2)c1-c1ccccc1. The van der Waals surface area contributed by atoms with Gasteiger partial charge >= 0.3 is 12.4 Å². The van der Waals surface area contributed by atoms with E-state index in [0.717, 1.165) is 6.07 Å². The molecular formula is C21H14F6O. The van der Waals surface area contributed by atoms with Crippen molar-refractivity contribution in [3.63, 3.8) is 0 Å². The van der Waals surface area contributed by atoms with Gasteiger partial charge in [0, 0.05) is 5.56 Å². The highest BCUT2D eigenvalue weighted by Gasteiger charge is 2.58. The van der Waals surface area contributed by atoms with E-state index in [9.17, 15) is 31.4 Å². The topological polar surface area (TPSA) is 20.2 Å². The third kappa shape index (κ3) is 3.83. The number of hydrogen-bond acceptors (Lipinski definition) is 1. The first-order valence-corrected chi connectivity index (χ1v) is 8.21. The van der Waals surface area contributed by atoms with Crippen LogP contribution >= 0.6 is 0 Å². The van der Waals surface area contributed by atoms with Crippen LogP contribution in [0.5, 0.6) is 5.75 Å². The second kappa shape index (κ2) is 7.22. The van der Waals surface area contributed by atoms with Gasteiger partial charge < -0.3 is 5.11 Å². The summed E-state index contributed by atoms with van der Waals surface area (Å²) in [6, 6.07) is 16.8. The lowest BCUT2D eigenvalue weighted by atomic mass is 9.84. The molecule has 0 spiro atoms. The van der Waals surface area contributed by atoms with Gasteiger partial charge in [-0.15, -0.1) is 0 Å². The first-order valence-electron chi connectivity index (χ1n) is 8.21. The molecule has 0 radical (unpaired) electrons. The van der Waals surface area contributed by atoms with Gasteiger partial charge in [0.1, 0.15) is 5.75 Å². The van der Waals surface area contributed by atoms with Crippen LogP contribution in [0.15, 0.2) is 72.8 Å². The summed E-state index contributed by atoms with van der Waals surface area (Å²) in [5.41, 5.74) is -0.883. The molecule has 0 saturated carbocycles. The Labute approximate surface area is 156 Å². The number of halogens is 6. The number of phenols is 1. The van der Waals surface area contributed by atoms with Crippen molar-refractivity contribution in [1.82, 2.24) is 0 Å². The predicted molar refractivity (Wildman–Crippen MR) is 93.8 cm³/mol. The fraction of sp³-hybridized carbons (Fsp3) is 0.143. The van der Waals surface area contributed by atoms with E-state index in [4.69, 9.17) is 0 Å². The number of benzene rings is 3. The lowest BCUT2D eigenvalue weighted by molar-refractivity contribution is -0.253. The Hall–Kier alpha value is -2.96. The Kier molecular flexibility index (Phi) is 5.10. The molecule has 3 aromatic carbocycles. The van der Waals surface area contributed by atoms with Crippen molar-refractivity contribution in [2.75, 3.05) is 0 Å². The van der Waals surface area contributed by atoms with Gasteiger partial charge in [-0.2, -0.15) is 26.3 Å². The Morgan fingerprint density at radius 1 is 0.571 bits per heavy atom. The van der Waals surface area contributed by atoms with Crippen molar-refractivity contribution in [2.24, 2.45) is 0 Å². The molecule has 1 N–H and O–H groups in total. The second-order valence-electron chi connectivity index (χ2n) is 6.17. The quantitative estimate of drug-likeness (QED) is 0.476. The average Bonchev–Trinajstić information content (AvgIpc) is 2.62. The zero-order valence-corrected chi connectivity index (χ0v) is 14.2. The third-order valence-corrected chi connectivity index (χ3v) is 4.31. The van der Waals surface area contributed by atoms with Crippen LogP contribution in [0.1, 0.15) is 11.5 Å². The van der Waals surface area contributed by atoms with Crippen LogP contribution < -0.4 is 0 Å². The molecule has 0 unspecified atom stereocenters. The Balaban J connectivity index is 2.42. The van der Waals surface area contributed by atoms with E-state index in [2.05, 4.69) is 0 Å². The molecule has 3 rings (SSSR count). The highest BCUT2D eigenvalue weighted by molar-refractivity contribution is 5.90. The van der Waals surface area contributed by atoms with E-state index >= 15 is 0 Å². The van der Waals surface area contributed by atoms with Gasteiger partial charge in [-0.05, 0) is 28.3 Å². The number of rotatable bonds is 3. The lowest BCUT2D eigenvalue weighted by Crippen LogP contribution is -2.34. The summed E-state index contributed by atoms with van der Waals surface area (Å²) in [7, 11) is 0. The van der Waals surface area contributed by atoms with Crippen molar-refractivity contribution in [3.8, 4) is 28.0 Å². The number of hydrogen-bond donors (Lipinski definition) is 1. The van der Waals surface area contributed by atoms with Crippen LogP contribution in [-0.2, 0) is 0 Å². The predicted octanol–water partition coefficient (Wildman–Crippen LogP) is 6.93. The minimum Gasteiger partial charge on any atom is -0.507 e. The first kappa shape index (κ1) is 19.8. The maximum Gasteiger partial charge on any atom is 0.404 e. The van der Waals surface area contributed by atoms with Crippen LogP contribution in [0.4, 0.5) is 26.3 Å². The normalized spacial score (nSPS) is 12.4. The molecule has 0 amide bonds. The lowest BCUT2D eigenvalue weighted by Gasteiger charge is -2.27. The van der Waals surface area contributed by atoms with Crippen molar-refractivity contribution in [3.05, 3.63) is 78.4 Å². The zero-order chi connectivity index (χ0) is 20.5. The molecule has 7 heteroatoms. The summed E-state index contributed by atoms with van der Waals surface area (Å²) in [5.74, 6) is -4.09. The third-order valence-electron chi connectivity index (χ3n) is 4.31. The van der Waals surface area contributed by atoms with Crippen LogP contribution in [-0.4, -0.2) is 17.5 Å². The van der Waals surface area contributed by atoms with Gasteiger partial charge in [-0.3, -0.25) is 0 Å². The number of aromatic hydroxyl groups is 1. The highest BCUT2D eigenvalue weighted by Crippen LogP contribution is 2.52. The molecule has 0 atom stereocenters.